The molecule has 0 radical (unpaired) electrons. The van der Waals surface area contributed by atoms with Crippen LogP contribution in [0.15, 0.2) is 53.3 Å². The normalized spacial score (nSPS) is 24.5. The summed E-state index contributed by atoms with van der Waals surface area (Å²) >= 11 is 0. The maximum atomic E-state index is 14.1. The molecule has 2 aromatic carbocycles. The lowest BCUT2D eigenvalue weighted by Crippen LogP contribution is -2.65. The number of nitrogens with one attached hydrogen (secondary N) is 1. The predicted molar refractivity (Wildman–Crippen MR) is 162 cm³/mol. The van der Waals surface area contributed by atoms with Gasteiger partial charge in [0.1, 0.15) is 22.8 Å². The van der Waals surface area contributed by atoms with Crippen molar-refractivity contribution in [3.63, 3.8) is 0 Å². The number of aliphatic hydroxyl groups excluding tert-OH is 2. The molecule has 12 nitrogen and oxygen atoms in total. The molecule has 0 spiro atoms. The summed E-state index contributed by atoms with van der Waals surface area (Å²) in [6, 6.07) is 9.32. The average molecular weight is 605 g/mol. The number of aromatic hydroxyl groups is 1. The summed E-state index contributed by atoms with van der Waals surface area (Å²) in [5.41, 5.74) is 3.51. The van der Waals surface area contributed by atoms with Crippen LogP contribution in [0.4, 0.5) is 11.4 Å². The number of phenols is 1. The number of benzene rings is 2. The van der Waals surface area contributed by atoms with E-state index in [9.17, 15) is 39.6 Å². The number of aliphatic hydroxyl groups is 3. The number of carbonyl (C=O) groups is 4. The Hall–Kier alpha value is -4.68. The van der Waals surface area contributed by atoms with Crippen LogP contribution in [0.1, 0.15) is 34.3 Å². The summed E-state index contributed by atoms with van der Waals surface area (Å²) in [5, 5.41) is 48.9. The third-order valence-corrected chi connectivity index (χ3v) is 8.94. The van der Waals surface area contributed by atoms with Crippen LogP contribution in [0.25, 0.3) is 5.76 Å². The number of hydrogen-bond donors (Lipinski definition) is 6. The van der Waals surface area contributed by atoms with E-state index in [0.717, 1.165) is 0 Å². The van der Waals surface area contributed by atoms with E-state index >= 15 is 0 Å². The molecule has 232 valence electrons. The lowest BCUT2D eigenvalue weighted by molar-refractivity contribution is -0.153. The zero-order valence-corrected chi connectivity index (χ0v) is 24.9. The number of phenolic OH excluding ortho intramolecular Hbond substituents is 1. The lowest BCUT2D eigenvalue weighted by Gasteiger charge is -2.50. The van der Waals surface area contributed by atoms with Gasteiger partial charge >= 0.3 is 0 Å². The molecule has 0 bridgehead atoms. The minimum Gasteiger partial charge on any atom is -0.508 e. The van der Waals surface area contributed by atoms with Crippen LogP contribution in [0.5, 0.6) is 5.75 Å². The van der Waals surface area contributed by atoms with E-state index in [2.05, 4.69) is 5.32 Å². The van der Waals surface area contributed by atoms with Crippen molar-refractivity contribution >= 4 is 40.4 Å². The van der Waals surface area contributed by atoms with Gasteiger partial charge in [-0.25, -0.2) is 0 Å². The number of likely N-dealkylation sites (N-methyl/N-ethyl adjacent to an activating group) is 1. The summed E-state index contributed by atoms with van der Waals surface area (Å²) in [6.07, 6.45) is 0.294. The largest absolute Gasteiger partial charge is 0.508 e. The molecule has 1 amide bonds. The molecule has 0 aliphatic heterocycles. The van der Waals surface area contributed by atoms with Crippen molar-refractivity contribution in [2.45, 2.75) is 30.9 Å². The van der Waals surface area contributed by atoms with Gasteiger partial charge in [-0.2, -0.15) is 0 Å². The Labute approximate surface area is 254 Å². The first kappa shape index (κ1) is 30.8. The SMILES string of the molecule is CN(C)c1cc(NCCC(=O)c2ccccc2)c(O)c2c1C[C@H]1C[C@H]3[C@H](N(C)C)C(=O)C(C(N)=O)=C(O)[C@@]3(O)C(=O)C1=C2O. The van der Waals surface area contributed by atoms with Gasteiger partial charge in [0.15, 0.2) is 17.2 Å². The van der Waals surface area contributed by atoms with E-state index in [0.29, 0.717) is 16.8 Å². The molecule has 0 saturated heterocycles. The molecule has 0 heterocycles. The Kier molecular flexibility index (Phi) is 7.77. The van der Waals surface area contributed by atoms with Gasteiger partial charge in [-0.05, 0) is 44.5 Å². The molecule has 3 aliphatic carbocycles. The molecule has 2 aromatic rings. The fourth-order valence-electron chi connectivity index (χ4n) is 6.90. The summed E-state index contributed by atoms with van der Waals surface area (Å²) in [4.78, 5) is 55.4. The maximum absolute atomic E-state index is 14.1. The van der Waals surface area contributed by atoms with Gasteiger partial charge in [-0.15, -0.1) is 0 Å². The van der Waals surface area contributed by atoms with Crippen molar-refractivity contribution in [1.82, 2.24) is 4.90 Å². The Bertz CT molecular complexity index is 1640. The van der Waals surface area contributed by atoms with Crippen molar-refractivity contribution in [3.8, 4) is 5.75 Å². The topological polar surface area (TPSA) is 194 Å². The molecule has 0 aromatic heterocycles. The minimum atomic E-state index is -2.71. The number of nitrogens with zero attached hydrogens (tertiary/aromatic N) is 2. The first-order valence-corrected chi connectivity index (χ1v) is 14.2. The molecule has 1 saturated carbocycles. The van der Waals surface area contributed by atoms with Crippen LogP contribution in [-0.2, 0) is 20.8 Å². The molecular formula is C32H36N4O8. The number of amides is 1. The van der Waals surface area contributed by atoms with E-state index in [1.807, 2.05) is 6.07 Å². The monoisotopic (exact) mass is 604 g/mol. The van der Waals surface area contributed by atoms with E-state index in [1.165, 1.54) is 4.90 Å². The highest BCUT2D eigenvalue weighted by Crippen LogP contribution is 2.54. The fraction of sp³-hybridized carbons (Fsp3) is 0.375. The molecule has 1 fully saturated rings. The molecule has 0 unspecified atom stereocenters. The van der Waals surface area contributed by atoms with Crippen LogP contribution in [0.2, 0.25) is 0 Å². The highest BCUT2D eigenvalue weighted by atomic mass is 16.3. The minimum absolute atomic E-state index is 0.000983. The quantitative estimate of drug-likeness (QED) is 0.146. The van der Waals surface area contributed by atoms with E-state index in [1.54, 1.807) is 63.4 Å². The van der Waals surface area contributed by atoms with Crippen LogP contribution in [-0.4, -0.2) is 95.0 Å². The number of rotatable bonds is 8. The Balaban J connectivity index is 1.59. The first-order valence-electron chi connectivity index (χ1n) is 14.2. The predicted octanol–water partition coefficient (Wildman–Crippen LogP) is 1.71. The van der Waals surface area contributed by atoms with E-state index in [4.69, 9.17) is 5.73 Å². The second kappa shape index (κ2) is 11.1. The van der Waals surface area contributed by atoms with E-state index < -0.39 is 58.0 Å². The number of primary amides is 1. The first-order chi connectivity index (χ1) is 20.7. The van der Waals surface area contributed by atoms with Crippen molar-refractivity contribution in [2.24, 2.45) is 17.6 Å². The lowest BCUT2D eigenvalue weighted by atomic mass is 9.57. The average Bonchev–Trinajstić information content (AvgIpc) is 2.96. The second-order valence-electron chi connectivity index (χ2n) is 12.0. The summed E-state index contributed by atoms with van der Waals surface area (Å²) < 4.78 is 0. The van der Waals surface area contributed by atoms with Crippen LogP contribution < -0.4 is 16.0 Å². The number of nitrogens with two attached hydrogens (primary N) is 1. The Morgan fingerprint density at radius 2 is 1.73 bits per heavy atom. The fourth-order valence-corrected chi connectivity index (χ4v) is 6.90. The van der Waals surface area contributed by atoms with Crippen molar-refractivity contribution < 1.29 is 39.6 Å². The molecule has 44 heavy (non-hydrogen) atoms. The van der Waals surface area contributed by atoms with Gasteiger partial charge in [-0.1, -0.05) is 30.3 Å². The highest BCUT2D eigenvalue weighted by Gasteiger charge is 2.64. The molecule has 4 atom stereocenters. The van der Waals surface area contributed by atoms with Crippen LogP contribution >= 0.6 is 0 Å². The smallest absolute Gasteiger partial charge is 0.255 e. The van der Waals surface area contributed by atoms with Crippen molar-refractivity contribution in [2.75, 3.05) is 45.0 Å². The van der Waals surface area contributed by atoms with Gasteiger partial charge in [0.25, 0.3) is 5.91 Å². The Morgan fingerprint density at radius 1 is 1.07 bits per heavy atom. The van der Waals surface area contributed by atoms with Crippen molar-refractivity contribution in [1.29, 1.82) is 0 Å². The van der Waals surface area contributed by atoms with Gasteiger partial charge in [0.2, 0.25) is 5.78 Å². The molecule has 3 aliphatic rings. The van der Waals surface area contributed by atoms with E-state index in [-0.39, 0.29) is 54.2 Å². The third-order valence-electron chi connectivity index (χ3n) is 8.94. The van der Waals surface area contributed by atoms with Crippen molar-refractivity contribution in [3.05, 3.63) is 70.0 Å². The van der Waals surface area contributed by atoms with Crippen LogP contribution in [0.3, 0.4) is 0 Å². The molecule has 5 rings (SSSR count). The number of hydrogen-bond acceptors (Lipinski definition) is 11. The molecular weight excluding hydrogens is 568 g/mol. The number of ketones is 3. The summed E-state index contributed by atoms with van der Waals surface area (Å²) in [5.74, 6) is -7.17. The van der Waals surface area contributed by atoms with Gasteiger partial charge < -0.3 is 36.4 Å². The number of fused-ring (bicyclic) bond motifs is 3. The van der Waals surface area contributed by atoms with Gasteiger partial charge in [-0.3, -0.25) is 24.1 Å². The standard InChI is InChI=1S/C32H36N4O8/c1-35(2)20-14-19(34-11-10-21(37)15-8-6-5-7-9-15)26(38)23-17(20)12-16-13-18-25(36(3)4)28(40)24(31(33)43)30(42)32(18,44)29(41)22(16)27(23)39/h5-9,14,16,18,25,34,38-39,42,44H,10-13H2,1-4H3,(H2,33,43)/t16-,18-,25-,32-/m0/s1. The highest BCUT2D eigenvalue weighted by molar-refractivity contribution is 6.24. The second-order valence-corrected chi connectivity index (χ2v) is 12.0. The number of carbonyl (C=O) groups excluding carboxylic acids is 4. The number of Topliss-reactive ketones (excluding diaryl/α,β-unsaturated/α-hetero) is 3. The maximum Gasteiger partial charge on any atom is 0.255 e. The van der Waals surface area contributed by atoms with Gasteiger partial charge in [0, 0.05) is 49.8 Å². The Morgan fingerprint density at radius 3 is 2.32 bits per heavy atom. The summed E-state index contributed by atoms with van der Waals surface area (Å²) in [7, 11) is 6.67. The number of anilines is 2. The van der Waals surface area contributed by atoms with Crippen LogP contribution in [0, 0.1) is 11.8 Å². The zero-order valence-electron chi connectivity index (χ0n) is 24.9. The third kappa shape index (κ3) is 4.61. The molecule has 7 N–H and O–H groups in total. The molecule has 12 heteroatoms. The zero-order chi connectivity index (χ0) is 32.2. The summed E-state index contributed by atoms with van der Waals surface area (Å²) in [6.45, 7) is 0.168. The van der Waals surface area contributed by atoms with Gasteiger partial charge in [0.05, 0.1) is 17.3 Å².